The molecule has 0 radical (unpaired) electrons. The lowest BCUT2D eigenvalue weighted by Crippen LogP contribution is -2.43. The highest BCUT2D eigenvalue weighted by Gasteiger charge is 2.31. The third-order valence-electron chi connectivity index (χ3n) is 3.75. The SMILES string of the molecule is CCOC(=O)[C@H]1CCCN(C(=O)c2cc([N+](=O)[O-])cn2C)C1. The predicted molar refractivity (Wildman–Crippen MR) is 77.3 cm³/mol. The lowest BCUT2D eigenvalue weighted by atomic mass is 9.98. The second-order valence-corrected chi connectivity index (χ2v) is 5.29. The highest BCUT2D eigenvalue weighted by molar-refractivity contribution is 5.94. The second-order valence-electron chi connectivity index (χ2n) is 5.29. The van der Waals surface area contributed by atoms with Gasteiger partial charge in [0, 0.05) is 26.2 Å². The van der Waals surface area contributed by atoms with E-state index in [1.54, 1.807) is 18.9 Å². The Balaban J connectivity index is 2.12. The van der Waals surface area contributed by atoms with Gasteiger partial charge in [-0.2, -0.15) is 0 Å². The van der Waals surface area contributed by atoms with Gasteiger partial charge in [0.05, 0.1) is 23.6 Å². The van der Waals surface area contributed by atoms with E-state index in [2.05, 4.69) is 0 Å². The maximum atomic E-state index is 12.5. The number of rotatable bonds is 4. The number of nitrogens with zero attached hydrogens (tertiary/aromatic N) is 3. The zero-order valence-corrected chi connectivity index (χ0v) is 12.7. The molecule has 2 rings (SSSR count). The van der Waals surface area contributed by atoms with Gasteiger partial charge in [-0.25, -0.2) is 0 Å². The number of carbonyl (C=O) groups is 2. The fourth-order valence-electron chi connectivity index (χ4n) is 2.64. The molecule has 0 aliphatic carbocycles. The van der Waals surface area contributed by atoms with Crippen molar-refractivity contribution in [3.63, 3.8) is 0 Å². The van der Waals surface area contributed by atoms with Crippen molar-refractivity contribution in [3.05, 3.63) is 28.1 Å². The molecule has 1 aliphatic rings. The van der Waals surface area contributed by atoms with Gasteiger partial charge in [0.2, 0.25) is 0 Å². The quantitative estimate of drug-likeness (QED) is 0.475. The number of hydrogen-bond donors (Lipinski definition) is 0. The minimum Gasteiger partial charge on any atom is -0.466 e. The summed E-state index contributed by atoms with van der Waals surface area (Å²) in [6, 6.07) is 1.26. The standard InChI is InChI=1S/C14H19N3O5/c1-3-22-14(19)10-5-4-6-16(8-10)13(18)12-7-11(17(20)21)9-15(12)2/h7,9-10H,3-6,8H2,1-2H3/t10-/m0/s1. The summed E-state index contributed by atoms with van der Waals surface area (Å²) in [5.74, 6) is -0.921. The summed E-state index contributed by atoms with van der Waals surface area (Å²) in [5, 5.41) is 10.8. The number of nitro groups is 1. The Morgan fingerprint density at radius 3 is 2.82 bits per heavy atom. The van der Waals surface area contributed by atoms with Gasteiger partial charge in [0.1, 0.15) is 5.69 Å². The lowest BCUT2D eigenvalue weighted by molar-refractivity contribution is -0.384. The van der Waals surface area contributed by atoms with Crippen LogP contribution in [0.5, 0.6) is 0 Å². The molecule has 1 aromatic heterocycles. The van der Waals surface area contributed by atoms with E-state index in [0.29, 0.717) is 26.0 Å². The van der Waals surface area contributed by atoms with Crippen LogP contribution in [0.15, 0.2) is 12.3 Å². The third-order valence-corrected chi connectivity index (χ3v) is 3.75. The van der Waals surface area contributed by atoms with Crippen LogP contribution in [0, 0.1) is 16.0 Å². The first-order valence-corrected chi connectivity index (χ1v) is 7.20. The zero-order chi connectivity index (χ0) is 16.3. The minimum absolute atomic E-state index is 0.121. The van der Waals surface area contributed by atoms with Crippen LogP contribution in [-0.4, -0.2) is 46.0 Å². The molecule has 8 nitrogen and oxygen atoms in total. The number of likely N-dealkylation sites (tertiary alicyclic amines) is 1. The van der Waals surface area contributed by atoms with Crippen LogP contribution in [0.3, 0.4) is 0 Å². The molecule has 22 heavy (non-hydrogen) atoms. The first-order valence-electron chi connectivity index (χ1n) is 7.20. The molecule has 0 saturated carbocycles. The smallest absolute Gasteiger partial charge is 0.310 e. The molecular weight excluding hydrogens is 290 g/mol. The molecular formula is C14H19N3O5. The number of aromatic nitrogens is 1. The van der Waals surface area contributed by atoms with Crippen LogP contribution in [-0.2, 0) is 16.6 Å². The molecule has 120 valence electrons. The van der Waals surface area contributed by atoms with Gasteiger partial charge in [-0.15, -0.1) is 0 Å². The fraction of sp³-hybridized carbons (Fsp3) is 0.571. The van der Waals surface area contributed by atoms with E-state index in [4.69, 9.17) is 4.74 Å². The molecule has 1 amide bonds. The van der Waals surface area contributed by atoms with E-state index in [1.807, 2.05) is 0 Å². The highest BCUT2D eigenvalue weighted by Crippen LogP contribution is 2.22. The van der Waals surface area contributed by atoms with Crippen LogP contribution in [0.4, 0.5) is 5.69 Å². The van der Waals surface area contributed by atoms with E-state index >= 15 is 0 Å². The van der Waals surface area contributed by atoms with E-state index in [0.717, 1.165) is 0 Å². The number of hydrogen-bond acceptors (Lipinski definition) is 5. The van der Waals surface area contributed by atoms with Crippen molar-refractivity contribution in [3.8, 4) is 0 Å². The molecule has 0 spiro atoms. The largest absolute Gasteiger partial charge is 0.466 e. The average Bonchev–Trinajstić information content (AvgIpc) is 2.89. The second kappa shape index (κ2) is 6.59. The molecule has 0 N–H and O–H groups in total. The zero-order valence-electron chi connectivity index (χ0n) is 12.7. The van der Waals surface area contributed by atoms with Crippen molar-refractivity contribution in [1.29, 1.82) is 0 Å². The van der Waals surface area contributed by atoms with Crippen molar-refractivity contribution >= 4 is 17.6 Å². The number of amides is 1. The third kappa shape index (κ3) is 3.26. The maximum Gasteiger partial charge on any atom is 0.310 e. The minimum atomic E-state index is -0.533. The summed E-state index contributed by atoms with van der Waals surface area (Å²) >= 11 is 0. The Labute approximate surface area is 127 Å². The van der Waals surface area contributed by atoms with Gasteiger partial charge in [-0.3, -0.25) is 19.7 Å². The lowest BCUT2D eigenvalue weighted by Gasteiger charge is -2.31. The van der Waals surface area contributed by atoms with E-state index in [9.17, 15) is 19.7 Å². The predicted octanol–water partition coefficient (Wildman–Crippen LogP) is 1.35. The average molecular weight is 309 g/mol. The molecule has 0 unspecified atom stereocenters. The van der Waals surface area contributed by atoms with E-state index in [1.165, 1.54) is 16.8 Å². The summed E-state index contributed by atoms with van der Waals surface area (Å²) in [5.41, 5.74) is 0.126. The van der Waals surface area contributed by atoms with Gasteiger partial charge >= 0.3 is 5.97 Å². The van der Waals surface area contributed by atoms with Crippen molar-refractivity contribution in [2.45, 2.75) is 19.8 Å². The van der Waals surface area contributed by atoms with Crippen molar-refractivity contribution in [2.24, 2.45) is 13.0 Å². The normalized spacial score (nSPS) is 18.1. The Hall–Kier alpha value is -2.38. The molecule has 8 heteroatoms. The Bertz CT molecular complexity index is 595. The van der Waals surface area contributed by atoms with Gasteiger partial charge < -0.3 is 14.2 Å². The summed E-state index contributed by atoms with van der Waals surface area (Å²) < 4.78 is 6.44. The molecule has 0 aromatic carbocycles. The number of esters is 1. The van der Waals surface area contributed by atoms with E-state index < -0.39 is 4.92 Å². The summed E-state index contributed by atoms with van der Waals surface area (Å²) in [7, 11) is 1.59. The van der Waals surface area contributed by atoms with Crippen LogP contribution < -0.4 is 0 Å². The Kier molecular flexibility index (Phi) is 4.79. The van der Waals surface area contributed by atoms with Crippen molar-refractivity contribution in [1.82, 2.24) is 9.47 Å². The first-order chi connectivity index (χ1) is 10.4. The number of carbonyl (C=O) groups excluding carboxylic acids is 2. The van der Waals surface area contributed by atoms with Crippen molar-refractivity contribution < 1.29 is 19.2 Å². The topological polar surface area (TPSA) is 94.7 Å². The maximum absolute atomic E-state index is 12.5. The van der Waals surface area contributed by atoms with Gasteiger partial charge in [0.25, 0.3) is 11.6 Å². The number of aryl methyl sites for hydroxylation is 1. The van der Waals surface area contributed by atoms with Gasteiger partial charge in [-0.05, 0) is 19.8 Å². The number of piperidine rings is 1. The fourth-order valence-corrected chi connectivity index (χ4v) is 2.64. The van der Waals surface area contributed by atoms with E-state index in [-0.39, 0.29) is 35.7 Å². The van der Waals surface area contributed by atoms with Crippen LogP contribution >= 0.6 is 0 Å². The van der Waals surface area contributed by atoms with Gasteiger partial charge in [-0.1, -0.05) is 0 Å². The van der Waals surface area contributed by atoms with Crippen molar-refractivity contribution in [2.75, 3.05) is 19.7 Å². The monoisotopic (exact) mass is 309 g/mol. The first kappa shape index (κ1) is 16.0. The molecule has 1 aromatic rings. The molecule has 1 saturated heterocycles. The van der Waals surface area contributed by atoms with Crippen LogP contribution in [0.1, 0.15) is 30.3 Å². The molecule has 1 fully saturated rings. The molecule has 1 atom stereocenters. The Morgan fingerprint density at radius 2 is 2.23 bits per heavy atom. The molecule has 0 bridgehead atoms. The summed E-state index contributed by atoms with van der Waals surface area (Å²) in [4.78, 5) is 36.1. The van der Waals surface area contributed by atoms with Crippen LogP contribution in [0.25, 0.3) is 0 Å². The van der Waals surface area contributed by atoms with Crippen LogP contribution in [0.2, 0.25) is 0 Å². The highest BCUT2D eigenvalue weighted by atomic mass is 16.6. The molecule has 2 heterocycles. The summed E-state index contributed by atoms with van der Waals surface area (Å²) in [6.07, 6.45) is 2.71. The number of ether oxygens (including phenoxy) is 1. The summed E-state index contributed by atoms with van der Waals surface area (Å²) in [6.45, 7) is 2.88. The van der Waals surface area contributed by atoms with Gasteiger partial charge in [0.15, 0.2) is 0 Å². The molecule has 1 aliphatic heterocycles. The Morgan fingerprint density at radius 1 is 1.50 bits per heavy atom.